The van der Waals surface area contributed by atoms with Crippen LogP contribution in [0.2, 0.25) is 5.02 Å². The lowest BCUT2D eigenvalue weighted by Crippen LogP contribution is -2.28. The van der Waals surface area contributed by atoms with E-state index in [1.54, 1.807) is 0 Å². The maximum Gasteiger partial charge on any atom is 0.143 e. The van der Waals surface area contributed by atoms with Crippen LogP contribution in [0.25, 0.3) is 0 Å². The zero-order valence-corrected chi connectivity index (χ0v) is 10.6. The van der Waals surface area contributed by atoms with Crippen molar-refractivity contribution < 1.29 is 4.39 Å². The van der Waals surface area contributed by atoms with E-state index in [2.05, 4.69) is 6.07 Å². The molecule has 5 heteroatoms. The molecule has 92 valence electrons. The highest BCUT2D eigenvalue weighted by Crippen LogP contribution is 2.29. The zero-order valence-electron chi connectivity index (χ0n) is 9.87. The lowest BCUT2D eigenvalue weighted by atomic mass is 10.1. The largest absolute Gasteiger partial charge is 0.397 e. The van der Waals surface area contributed by atoms with E-state index in [4.69, 9.17) is 22.6 Å². The third kappa shape index (κ3) is 3.24. The van der Waals surface area contributed by atoms with Crippen LogP contribution in [0.3, 0.4) is 0 Å². The maximum atomic E-state index is 13.2. The van der Waals surface area contributed by atoms with Gasteiger partial charge < -0.3 is 10.6 Å². The van der Waals surface area contributed by atoms with E-state index in [1.807, 2.05) is 18.7 Å². The van der Waals surface area contributed by atoms with E-state index < -0.39 is 5.82 Å². The van der Waals surface area contributed by atoms with Crippen LogP contribution >= 0.6 is 11.6 Å². The molecule has 0 aliphatic heterocycles. The molecule has 0 aliphatic rings. The van der Waals surface area contributed by atoms with E-state index >= 15 is 0 Å². The molecule has 1 aromatic rings. The summed E-state index contributed by atoms with van der Waals surface area (Å²) < 4.78 is 13.2. The number of hydrogen-bond acceptors (Lipinski definition) is 3. The van der Waals surface area contributed by atoms with Crippen molar-refractivity contribution in [2.45, 2.75) is 13.8 Å². The molecular weight excluding hydrogens is 241 g/mol. The van der Waals surface area contributed by atoms with Crippen molar-refractivity contribution in [2.75, 3.05) is 23.7 Å². The Balaban J connectivity index is 3.04. The van der Waals surface area contributed by atoms with Gasteiger partial charge in [0.1, 0.15) is 5.82 Å². The van der Waals surface area contributed by atoms with Gasteiger partial charge in [-0.3, -0.25) is 0 Å². The summed E-state index contributed by atoms with van der Waals surface area (Å²) in [5.41, 5.74) is 6.76. The van der Waals surface area contributed by atoms with Crippen LogP contribution in [0.15, 0.2) is 12.1 Å². The Morgan fingerprint density at radius 2 is 2.24 bits per heavy atom. The first-order chi connectivity index (χ1) is 7.99. The number of anilines is 2. The second kappa shape index (κ2) is 5.74. The molecule has 0 saturated heterocycles. The third-order valence-corrected chi connectivity index (χ3v) is 2.80. The molecule has 0 amide bonds. The fourth-order valence-corrected chi connectivity index (χ4v) is 1.75. The molecule has 1 unspecified atom stereocenters. The highest BCUT2D eigenvalue weighted by Gasteiger charge is 2.14. The van der Waals surface area contributed by atoms with Gasteiger partial charge in [-0.05, 0) is 19.9 Å². The van der Waals surface area contributed by atoms with Crippen molar-refractivity contribution in [1.82, 2.24) is 0 Å². The summed E-state index contributed by atoms with van der Waals surface area (Å²) in [5.74, 6) is -0.657. The second-order valence-corrected chi connectivity index (χ2v) is 4.30. The first-order valence-electron chi connectivity index (χ1n) is 5.38. The van der Waals surface area contributed by atoms with Crippen LogP contribution in [0, 0.1) is 23.1 Å². The van der Waals surface area contributed by atoms with Crippen molar-refractivity contribution in [3.05, 3.63) is 23.0 Å². The summed E-state index contributed by atoms with van der Waals surface area (Å²) in [6.45, 7) is 4.99. The summed E-state index contributed by atoms with van der Waals surface area (Å²) >= 11 is 5.74. The zero-order chi connectivity index (χ0) is 13.0. The Kier molecular flexibility index (Phi) is 4.59. The summed E-state index contributed by atoms with van der Waals surface area (Å²) in [7, 11) is 0. The molecule has 17 heavy (non-hydrogen) atoms. The summed E-state index contributed by atoms with van der Waals surface area (Å²) in [6, 6.07) is 4.86. The first kappa shape index (κ1) is 13.6. The van der Waals surface area contributed by atoms with Gasteiger partial charge in [0.25, 0.3) is 0 Å². The monoisotopic (exact) mass is 255 g/mol. The van der Waals surface area contributed by atoms with Gasteiger partial charge in [-0.1, -0.05) is 11.6 Å². The van der Waals surface area contributed by atoms with Crippen LogP contribution in [0.1, 0.15) is 13.8 Å². The number of nitrogens with zero attached hydrogens (tertiary/aromatic N) is 2. The molecule has 0 bridgehead atoms. The average molecular weight is 256 g/mol. The molecule has 1 rings (SSSR count). The van der Waals surface area contributed by atoms with Gasteiger partial charge >= 0.3 is 0 Å². The summed E-state index contributed by atoms with van der Waals surface area (Å²) in [4.78, 5) is 1.91. The number of halogens is 2. The Bertz CT molecular complexity index is 442. The molecule has 0 spiro atoms. The molecule has 1 aromatic carbocycles. The summed E-state index contributed by atoms with van der Waals surface area (Å²) in [5, 5.41) is 8.84. The fraction of sp³-hybridized carbons (Fsp3) is 0.417. The highest BCUT2D eigenvalue weighted by atomic mass is 35.5. The van der Waals surface area contributed by atoms with Crippen LogP contribution in [0.5, 0.6) is 0 Å². The van der Waals surface area contributed by atoms with Crippen molar-refractivity contribution in [3.8, 4) is 6.07 Å². The van der Waals surface area contributed by atoms with Gasteiger partial charge in [0, 0.05) is 19.2 Å². The van der Waals surface area contributed by atoms with Crippen molar-refractivity contribution in [3.63, 3.8) is 0 Å². The van der Waals surface area contributed by atoms with E-state index in [9.17, 15) is 4.39 Å². The van der Waals surface area contributed by atoms with Crippen molar-refractivity contribution >= 4 is 23.0 Å². The minimum atomic E-state index is -0.530. The number of nitrogens with two attached hydrogens (primary N) is 1. The topological polar surface area (TPSA) is 53.0 Å². The molecule has 2 N–H and O–H groups in total. The minimum Gasteiger partial charge on any atom is -0.397 e. The minimum absolute atomic E-state index is 0.0391. The van der Waals surface area contributed by atoms with E-state index in [0.717, 1.165) is 0 Å². The van der Waals surface area contributed by atoms with Crippen LogP contribution < -0.4 is 10.6 Å². The normalized spacial score (nSPS) is 11.9. The van der Waals surface area contributed by atoms with Crippen molar-refractivity contribution in [1.29, 1.82) is 5.26 Å². The summed E-state index contributed by atoms with van der Waals surface area (Å²) in [6.07, 6.45) is 0. The van der Waals surface area contributed by atoms with Gasteiger partial charge in [0.15, 0.2) is 0 Å². The van der Waals surface area contributed by atoms with Gasteiger partial charge in [-0.25, -0.2) is 4.39 Å². The lowest BCUT2D eigenvalue weighted by molar-refractivity contribution is 0.627. The fourth-order valence-electron chi connectivity index (χ4n) is 1.59. The first-order valence-corrected chi connectivity index (χ1v) is 5.76. The van der Waals surface area contributed by atoms with Gasteiger partial charge in [-0.15, -0.1) is 0 Å². The molecule has 0 saturated carbocycles. The number of rotatable bonds is 4. The van der Waals surface area contributed by atoms with E-state index in [1.165, 1.54) is 12.1 Å². The number of nitriles is 1. The Morgan fingerprint density at radius 1 is 1.59 bits per heavy atom. The van der Waals surface area contributed by atoms with E-state index in [-0.39, 0.29) is 10.9 Å². The van der Waals surface area contributed by atoms with Gasteiger partial charge in [-0.2, -0.15) is 5.26 Å². The molecular formula is C12H15ClFN3. The number of hydrogen-bond donors (Lipinski definition) is 1. The average Bonchev–Trinajstić information content (AvgIpc) is 2.30. The lowest BCUT2D eigenvalue weighted by Gasteiger charge is -2.25. The SMILES string of the molecule is CCN(CC(C)C#N)c1cc(Cl)c(F)cc1N. The Hall–Kier alpha value is -1.47. The van der Waals surface area contributed by atoms with Gasteiger partial charge in [0.2, 0.25) is 0 Å². The second-order valence-electron chi connectivity index (χ2n) is 3.89. The van der Waals surface area contributed by atoms with Crippen LogP contribution in [-0.4, -0.2) is 13.1 Å². The molecule has 0 heterocycles. The molecule has 0 radical (unpaired) electrons. The standard InChI is InChI=1S/C12H15ClFN3/c1-3-17(7-8(2)6-15)12-4-9(13)10(14)5-11(12)16/h4-5,8H,3,7,16H2,1-2H3. The number of benzene rings is 1. The van der Waals surface area contributed by atoms with Crippen molar-refractivity contribution in [2.24, 2.45) is 5.92 Å². The molecule has 3 nitrogen and oxygen atoms in total. The number of nitrogen functional groups attached to an aromatic ring is 1. The van der Waals surface area contributed by atoms with E-state index in [0.29, 0.717) is 24.5 Å². The molecule has 0 fully saturated rings. The smallest absolute Gasteiger partial charge is 0.143 e. The maximum absolute atomic E-state index is 13.2. The van der Waals surface area contributed by atoms with Crippen LogP contribution in [0.4, 0.5) is 15.8 Å². The molecule has 0 aliphatic carbocycles. The quantitative estimate of drug-likeness (QED) is 0.842. The molecule has 0 aromatic heterocycles. The Morgan fingerprint density at radius 3 is 2.76 bits per heavy atom. The third-order valence-electron chi connectivity index (χ3n) is 2.51. The Labute approximate surface area is 106 Å². The highest BCUT2D eigenvalue weighted by molar-refractivity contribution is 6.31. The van der Waals surface area contributed by atoms with Gasteiger partial charge in [0.05, 0.1) is 28.4 Å². The molecule has 1 atom stereocenters. The van der Waals surface area contributed by atoms with Crippen LogP contribution in [-0.2, 0) is 0 Å². The predicted molar refractivity (Wildman–Crippen MR) is 68.5 cm³/mol. The predicted octanol–water partition coefficient (Wildman–Crippen LogP) is 3.05.